The van der Waals surface area contributed by atoms with E-state index >= 15 is 0 Å². The monoisotopic (exact) mass is 328 g/mol. The van der Waals surface area contributed by atoms with Crippen LogP contribution in [-0.4, -0.2) is 32.9 Å². The molecule has 0 aliphatic heterocycles. The van der Waals surface area contributed by atoms with E-state index in [1.807, 2.05) is 25.1 Å². The van der Waals surface area contributed by atoms with Gasteiger partial charge in [-0.1, -0.05) is 12.1 Å². The number of aryl methyl sites for hydroxylation is 1. The van der Waals surface area contributed by atoms with Crippen molar-refractivity contribution in [1.82, 2.24) is 5.43 Å². The SMILES string of the molecule is COc1ccc(C=NNC(=O)COc2cccc(C)c2)cc1OC. The first-order chi connectivity index (χ1) is 11.6. The number of rotatable bonds is 7. The molecule has 0 fully saturated rings. The number of carbonyl (C=O) groups is 1. The van der Waals surface area contributed by atoms with Crippen molar-refractivity contribution in [3.63, 3.8) is 0 Å². The molecule has 0 aliphatic carbocycles. The second-order valence-corrected chi connectivity index (χ2v) is 5.01. The molecule has 0 heterocycles. The van der Waals surface area contributed by atoms with Gasteiger partial charge in [-0.3, -0.25) is 4.79 Å². The average Bonchev–Trinajstić information content (AvgIpc) is 2.60. The van der Waals surface area contributed by atoms with Crippen molar-refractivity contribution in [2.24, 2.45) is 5.10 Å². The molecule has 0 bridgehead atoms. The van der Waals surface area contributed by atoms with Crippen molar-refractivity contribution < 1.29 is 19.0 Å². The fourth-order valence-corrected chi connectivity index (χ4v) is 2.00. The Hall–Kier alpha value is -3.02. The molecule has 126 valence electrons. The molecule has 0 saturated carbocycles. The van der Waals surface area contributed by atoms with Gasteiger partial charge in [-0.2, -0.15) is 5.10 Å². The molecule has 0 aliphatic rings. The van der Waals surface area contributed by atoms with Gasteiger partial charge in [0, 0.05) is 0 Å². The van der Waals surface area contributed by atoms with Crippen LogP contribution in [-0.2, 0) is 4.79 Å². The van der Waals surface area contributed by atoms with E-state index in [4.69, 9.17) is 14.2 Å². The van der Waals surface area contributed by atoms with E-state index in [-0.39, 0.29) is 12.5 Å². The van der Waals surface area contributed by atoms with E-state index in [0.717, 1.165) is 11.1 Å². The molecule has 0 saturated heterocycles. The fourth-order valence-electron chi connectivity index (χ4n) is 2.00. The number of carbonyl (C=O) groups excluding carboxylic acids is 1. The molecule has 0 atom stereocenters. The summed E-state index contributed by atoms with van der Waals surface area (Å²) in [5.41, 5.74) is 4.26. The number of nitrogens with zero attached hydrogens (tertiary/aromatic N) is 1. The lowest BCUT2D eigenvalue weighted by atomic mass is 10.2. The van der Waals surface area contributed by atoms with Crippen molar-refractivity contribution in [3.05, 3.63) is 53.6 Å². The van der Waals surface area contributed by atoms with Crippen LogP contribution in [0.5, 0.6) is 17.2 Å². The van der Waals surface area contributed by atoms with Crippen LogP contribution in [0, 0.1) is 6.92 Å². The van der Waals surface area contributed by atoms with Crippen LogP contribution in [0.2, 0.25) is 0 Å². The highest BCUT2D eigenvalue weighted by atomic mass is 16.5. The first-order valence-corrected chi connectivity index (χ1v) is 7.36. The zero-order chi connectivity index (χ0) is 17.4. The van der Waals surface area contributed by atoms with Crippen LogP contribution < -0.4 is 19.6 Å². The first-order valence-electron chi connectivity index (χ1n) is 7.36. The predicted octanol–water partition coefficient (Wildman–Crippen LogP) is 2.54. The van der Waals surface area contributed by atoms with E-state index in [1.54, 1.807) is 38.5 Å². The zero-order valence-electron chi connectivity index (χ0n) is 13.9. The highest BCUT2D eigenvalue weighted by Crippen LogP contribution is 2.26. The molecule has 0 aromatic heterocycles. The molecular formula is C18H20N2O4. The van der Waals surface area contributed by atoms with E-state index in [2.05, 4.69) is 10.5 Å². The molecule has 1 N–H and O–H groups in total. The van der Waals surface area contributed by atoms with Gasteiger partial charge in [0.05, 0.1) is 20.4 Å². The maximum Gasteiger partial charge on any atom is 0.277 e. The van der Waals surface area contributed by atoms with E-state index < -0.39 is 0 Å². The zero-order valence-corrected chi connectivity index (χ0v) is 13.9. The van der Waals surface area contributed by atoms with E-state index in [9.17, 15) is 4.79 Å². The molecular weight excluding hydrogens is 308 g/mol. The molecule has 1 amide bonds. The Balaban J connectivity index is 1.86. The van der Waals surface area contributed by atoms with Crippen molar-refractivity contribution >= 4 is 12.1 Å². The third-order valence-corrected chi connectivity index (χ3v) is 3.17. The predicted molar refractivity (Wildman–Crippen MR) is 92.0 cm³/mol. The van der Waals surface area contributed by atoms with Crippen LogP contribution in [0.4, 0.5) is 0 Å². The van der Waals surface area contributed by atoms with Gasteiger partial charge in [0.25, 0.3) is 5.91 Å². The Bertz CT molecular complexity index is 729. The highest BCUT2D eigenvalue weighted by Gasteiger charge is 2.04. The van der Waals surface area contributed by atoms with Gasteiger partial charge in [0.2, 0.25) is 0 Å². The lowest BCUT2D eigenvalue weighted by molar-refractivity contribution is -0.123. The number of ether oxygens (including phenoxy) is 3. The second kappa shape index (κ2) is 8.57. The Morgan fingerprint density at radius 2 is 1.92 bits per heavy atom. The normalized spacial score (nSPS) is 10.5. The summed E-state index contributed by atoms with van der Waals surface area (Å²) in [6.07, 6.45) is 1.52. The lowest BCUT2D eigenvalue weighted by Gasteiger charge is -2.07. The first kappa shape index (κ1) is 17.3. The third kappa shape index (κ3) is 5.01. The molecule has 2 rings (SSSR count). The Morgan fingerprint density at radius 1 is 1.12 bits per heavy atom. The van der Waals surface area contributed by atoms with Crippen molar-refractivity contribution in [2.45, 2.75) is 6.92 Å². The highest BCUT2D eigenvalue weighted by molar-refractivity contribution is 5.83. The summed E-state index contributed by atoms with van der Waals surface area (Å²) in [6.45, 7) is 1.85. The van der Waals surface area contributed by atoms with Gasteiger partial charge < -0.3 is 14.2 Å². The van der Waals surface area contributed by atoms with E-state index in [1.165, 1.54) is 6.21 Å². The summed E-state index contributed by atoms with van der Waals surface area (Å²) in [5.74, 6) is 1.53. The van der Waals surface area contributed by atoms with Crippen molar-refractivity contribution in [2.75, 3.05) is 20.8 Å². The number of hydrogen-bond donors (Lipinski definition) is 1. The number of methoxy groups -OCH3 is 2. The molecule has 2 aromatic carbocycles. The third-order valence-electron chi connectivity index (χ3n) is 3.17. The van der Waals surface area contributed by atoms with Crippen LogP contribution in [0.15, 0.2) is 47.6 Å². The van der Waals surface area contributed by atoms with E-state index in [0.29, 0.717) is 17.2 Å². The Morgan fingerprint density at radius 3 is 2.62 bits per heavy atom. The van der Waals surface area contributed by atoms with Gasteiger partial charge in [0.15, 0.2) is 18.1 Å². The quantitative estimate of drug-likeness (QED) is 0.626. The Kier molecular flexibility index (Phi) is 6.19. The molecule has 24 heavy (non-hydrogen) atoms. The summed E-state index contributed by atoms with van der Waals surface area (Å²) >= 11 is 0. The maximum atomic E-state index is 11.7. The molecule has 0 radical (unpaired) electrons. The topological polar surface area (TPSA) is 69.2 Å². The van der Waals surface area contributed by atoms with Gasteiger partial charge in [-0.05, 0) is 48.4 Å². The molecule has 2 aromatic rings. The maximum absolute atomic E-state index is 11.7. The smallest absolute Gasteiger partial charge is 0.277 e. The average molecular weight is 328 g/mol. The number of nitrogens with one attached hydrogen (secondary N) is 1. The van der Waals surface area contributed by atoms with Crippen LogP contribution in [0.25, 0.3) is 0 Å². The summed E-state index contributed by atoms with van der Waals surface area (Å²) < 4.78 is 15.8. The van der Waals surface area contributed by atoms with Crippen LogP contribution in [0.3, 0.4) is 0 Å². The molecule has 6 heteroatoms. The lowest BCUT2D eigenvalue weighted by Crippen LogP contribution is -2.24. The van der Waals surface area contributed by atoms with Crippen molar-refractivity contribution in [3.8, 4) is 17.2 Å². The van der Waals surface area contributed by atoms with Gasteiger partial charge in [-0.15, -0.1) is 0 Å². The minimum Gasteiger partial charge on any atom is -0.493 e. The summed E-state index contributed by atoms with van der Waals surface area (Å²) in [5, 5.41) is 3.90. The molecule has 6 nitrogen and oxygen atoms in total. The largest absolute Gasteiger partial charge is 0.493 e. The summed E-state index contributed by atoms with van der Waals surface area (Å²) in [4.78, 5) is 11.7. The number of hydrogen-bond acceptors (Lipinski definition) is 5. The van der Waals surface area contributed by atoms with Crippen molar-refractivity contribution in [1.29, 1.82) is 0 Å². The van der Waals surface area contributed by atoms with Crippen LogP contribution >= 0.6 is 0 Å². The number of benzene rings is 2. The standard InChI is InChI=1S/C18H20N2O4/c1-13-5-4-6-15(9-13)24-12-18(21)20-19-11-14-7-8-16(22-2)17(10-14)23-3/h4-11H,12H2,1-3H3,(H,20,21). The summed E-state index contributed by atoms with van der Waals surface area (Å²) in [7, 11) is 3.13. The minimum atomic E-state index is -0.340. The van der Waals surface area contributed by atoms with Gasteiger partial charge in [-0.25, -0.2) is 5.43 Å². The second-order valence-electron chi connectivity index (χ2n) is 5.01. The molecule has 0 unspecified atom stereocenters. The summed E-state index contributed by atoms with van der Waals surface area (Å²) in [6, 6.07) is 12.8. The Labute approximate surface area is 141 Å². The number of hydrazone groups is 1. The van der Waals surface area contributed by atoms with Gasteiger partial charge in [0.1, 0.15) is 5.75 Å². The number of amides is 1. The van der Waals surface area contributed by atoms with Gasteiger partial charge >= 0.3 is 0 Å². The van der Waals surface area contributed by atoms with Crippen LogP contribution in [0.1, 0.15) is 11.1 Å². The minimum absolute atomic E-state index is 0.104. The molecule has 0 spiro atoms. The fraction of sp³-hybridized carbons (Fsp3) is 0.222.